The standard InChI is InChI=1S/C16H17F2NO2/c1-9-12(17)4-5-13(18)15(9)16(21)19(8-20)14-7-10-2-3-11(14)6-10/h4-5,8,10-11,14H,2-3,6-7H2,1H3. The Hall–Kier alpha value is -1.78. The topological polar surface area (TPSA) is 37.4 Å². The summed E-state index contributed by atoms with van der Waals surface area (Å²) in [7, 11) is 0. The molecule has 2 amide bonds. The maximum atomic E-state index is 13.9. The first-order valence-corrected chi connectivity index (χ1v) is 7.25. The molecule has 0 aromatic heterocycles. The molecule has 2 bridgehead atoms. The van der Waals surface area contributed by atoms with Gasteiger partial charge in [0.05, 0.1) is 5.56 Å². The van der Waals surface area contributed by atoms with Crippen molar-refractivity contribution in [2.75, 3.05) is 0 Å². The molecule has 1 aromatic rings. The number of rotatable bonds is 3. The zero-order chi connectivity index (χ0) is 15.1. The first-order valence-electron chi connectivity index (χ1n) is 7.25. The van der Waals surface area contributed by atoms with Crippen LogP contribution in [0.1, 0.15) is 41.6 Å². The van der Waals surface area contributed by atoms with E-state index in [2.05, 4.69) is 0 Å². The average molecular weight is 293 g/mol. The largest absolute Gasteiger partial charge is 0.278 e. The summed E-state index contributed by atoms with van der Waals surface area (Å²) < 4.78 is 27.5. The van der Waals surface area contributed by atoms with Gasteiger partial charge in [-0.3, -0.25) is 14.5 Å². The fraction of sp³-hybridized carbons (Fsp3) is 0.500. The molecule has 0 aliphatic heterocycles. The van der Waals surface area contributed by atoms with Gasteiger partial charge in [0.2, 0.25) is 6.41 Å². The number of carbonyl (C=O) groups excluding carboxylic acids is 2. The molecule has 2 aliphatic rings. The van der Waals surface area contributed by atoms with Crippen molar-refractivity contribution in [1.29, 1.82) is 0 Å². The van der Waals surface area contributed by atoms with Crippen LogP contribution in [-0.2, 0) is 4.79 Å². The third-order valence-electron chi connectivity index (χ3n) is 4.97. The van der Waals surface area contributed by atoms with Crippen LogP contribution in [0.2, 0.25) is 0 Å². The number of fused-ring (bicyclic) bond motifs is 2. The van der Waals surface area contributed by atoms with E-state index in [4.69, 9.17) is 0 Å². The minimum Gasteiger partial charge on any atom is -0.278 e. The van der Waals surface area contributed by atoms with Crippen LogP contribution in [0.5, 0.6) is 0 Å². The highest BCUT2D eigenvalue weighted by Gasteiger charge is 2.44. The van der Waals surface area contributed by atoms with Crippen molar-refractivity contribution >= 4 is 12.3 Å². The maximum absolute atomic E-state index is 13.9. The number of benzene rings is 1. The van der Waals surface area contributed by atoms with Crippen LogP contribution in [0.3, 0.4) is 0 Å². The quantitative estimate of drug-likeness (QED) is 0.803. The van der Waals surface area contributed by atoms with Gasteiger partial charge in [0.1, 0.15) is 11.6 Å². The van der Waals surface area contributed by atoms with E-state index in [1.54, 1.807) is 0 Å². The predicted molar refractivity (Wildman–Crippen MR) is 72.6 cm³/mol. The Bertz CT molecular complexity index is 602. The Morgan fingerprint density at radius 3 is 2.52 bits per heavy atom. The van der Waals surface area contributed by atoms with E-state index < -0.39 is 17.5 Å². The molecule has 3 unspecified atom stereocenters. The van der Waals surface area contributed by atoms with Gasteiger partial charge in [-0.2, -0.15) is 0 Å². The lowest BCUT2D eigenvalue weighted by Gasteiger charge is -2.30. The molecule has 1 aromatic carbocycles. The second kappa shape index (κ2) is 5.20. The third-order valence-corrected chi connectivity index (χ3v) is 4.97. The third kappa shape index (κ3) is 2.24. The molecule has 0 heterocycles. The molecule has 2 saturated carbocycles. The number of amides is 2. The Morgan fingerprint density at radius 2 is 1.95 bits per heavy atom. The number of nitrogens with zero attached hydrogens (tertiary/aromatic N) is 1. The SMILES string of the molecule is Cc1c(F)ccc(F)c1C(=O)N(C=O)C1CC2CCC1C2. The fourth-order valence-electron chi connectivity index (χ4n) is 3.87. The number of hydrogen-bond acceptors (Lipinski definition) is 2. The van der Waals surface area contributed by atoms with Crippen molar-refractivity contribution in [1.82, 2.24) is 4.90 Å². The lowest BCUT2D eigenvalue weighted by Crippen LogP contribution is -2.43. The van der Waals surface area contributed by atoms with Gasteiger partial charge in [0, 0.05) is 11.6 Å². The summed E-state index contributed by atoms with van der Waals surface area (Å²) in [6.45, 7) is 1.36. The number of carbonyl (C=O) groups is 2. The normalized spacial score (nSPS) is 26.9. The molecule has 0 radical (unpaired) electrons. The highest BCUT2D eigenvalue weighted by atomic mass is 19.1. The van der Waals surface area contributed by atoms with Crippen LogP contribution in [0.15, 0.2) is 12.1 Å². The second-order valence-corrected chi connectivity index (χ2v) is 6.09. The first-order chi connectivity index (χ1) is 10.0. The van der Waals surface area contributed by atoms with Gasteiger partial charge in [-0.15, -0.1) is 0 Å². The monoisotopic (exact) mass is 293 g/mol. The summed E-state index contributed by atoms with van der Waals surface area (Å²) in [5.74, 6) is -1.29. The van der Waals surface area contributed by atoms with Crippen molar-refractivity contribution in [3.8, 4) is 0 Å². The first kappa shape index (κ1) is 14.2. The van der Waals surface area contributed by atoms with E-state index in [9.17, 15) is 18.4 Å². The van der Waals surface area contributed by atoms with Crippen molar-refractivity contribution < 1.29 is 18.4 Å². The lowest BCUT2D eigenvalue weighted by molar-refractivity contribution is -0.118. The van der Waals surface area contributed by atoms with Gasteiger partial charge < -0.3 is 0 Å². The van der Waals surface area contributed by atoms with Gasteiger partial charge in [-0.05, 0) is 50.2 Å². The van der Waals surface area contributed by atoms with Crippen LogP contribution in [-0.4, -0.2) is 23.3 Å². The van der Waals surface area contributed by atoms with Gasteiger partial charge in [0.25, 0.3) is 5.91 Å². The van der Waals surface area contributed by atoms with Crippen LogP contribution in [0.25, 0.3) is 0 Å². The molecule has 21 heavy (non-hydrogen) atoms. The zero-order valence-electron chi connectivity index (χ0n) is 11.8. The van der Waals surface area contributed by atoms with Crippen LogP contribution in [0, 0.1) is 30.4 Å². The Kier molecular flexibility index (Phi) is 3.51. The molecule has 3 atom stereocenters. The van der Waals surface area contributed by atoms with Crippen molar-refractivity contribution in [2.24, 2.45) is 11.8 Å². The molecule has 3 rings (SSSR count). The molecule has 0 spiro atoms. The van der Waals surface area contributed by atoms with Gasteiger partial charge in [-0.25, -0.2) is 8.78 Å². The second-order valence-electron chi connectivity index (χ2n) is 6.09. The maximum Gasteiger partial charge on any atom is 0.263 e. The lowest BCUT2D eigenvalue weighted by atomic mass is 9.93. The molecular weight excluding hydrogens is 276 g/mol. The van der Waals surface area contributed by atoms with Crippen molar-refractivity contribution in [2.45, 2.75) is 38.6 Å². The molecule has 3 nitrogen and oxygen atoms in total. The van der Waals surface area contributed by atoms with E-state index in [1.165, 1.54) is 6.92 Å². The minimum absolute atomic E-state index is 0.0463. The van der Waals surface area contributed by atoms with E-state index in [0.29, 0.717) is 18.2 Å². The number of imide groups is 1. The molecule has 112 valence electrons. The van der Waals surface area contributed by atoms with Crippen molar-refractivity contribution in [3.63, 3.8) is 0 Å². The molecule has 2 aliphatic carbocycles. The van der Waals surface area contributed by atoms with Crippen molar-refractivity contribution in [3.05, 3.63) is 34.9 Å². The smallest absolute Gasteiger partial charge is 0.263 e. The summed E-state index contributed by atoms with van der Waals surface area (Å²) in [4.78, 5) is 25.0. The van der Waals surface area contributed by atoms with Crippen LogP contribution >= 0.6 is 0 Å². The van der Waals surface area contributed by atoms with Crippen LogP contribution in [0.4, 0.5) is 8.78 Å². The zero-order valence-corrected chi connectivity index (χ0v) is 11.8. The summed E-state index contributed by atoms with van der Waals surface area (Å²) in [6, 6.07) is 1.75. The van der Waals surface area contributed by atoms with Gasteiger partial charge in [-0.1, -0.05) is 6.42 Å². The Labute approximate surface area is 121 Å². The molecule has 0 N–H and O–H groups in total. The molecular formula is C16H17F2NO2. The predicted octanol–water partition coefficient (Wildman–Crippen LogP) is 3.06. The Morgan fingerprint density at radius 1 is 1.24 bits per heavy atom. The van der Waals surface area contributed by atoms with E-state index in [0.717, 1.165) is 42.7 Å². The number of hydrogen-bond donors (Lipinski definition) is 0. The summed E-state index contributed by atoms with van der Waals surface area (Å²) >= 11 is 0. The highest BCUT2D eigenvalue weighted by molar-refractivity contribution is 6.01. The van der Waals surface area contributed by atoms with E-state index >= 15 is 0 Å². The van der Waals surface area contributed by atoms with Gasteiger partial charge >= 0.3 is 0 Å². The molecule has 5 heteroatoms. The van der Waals surface area contributed by atoms with E-state index in [-0.39, 0.29) is 17.2 Å². The number of halogens is 2. The highest BCUT2D eigenvalue weighted by Crippen LogP contribution is 2.46. The summed E-state index contributed by atoms with van der Waals surface area (Å²) in [6.07, 6.45) is 4.41. The Balaban J connectivity index is 1.93. The summed E-state index contributed by atoms with van der Waals surface area (Å²) in [5, 5.41) is 0. The molecule has 0 saturated heterocycles. The van der Waals surface area contributed by atoms with Crippen LogP contribution < -0.4 is 0 Å². The molecule has 2 fully saturated rings. The minimum atomic E-state index is -0.783. The summed E-state index contributed by atoms with van der Waals surface area (Å²) in [5.41, 5.74) is -0.375. The van der Waals surface area contributed by atoms with Gasteiger partial charge in [0.15, 0.2) is 0 Å². The van der Waals surface area contributed by atoms with E-state index in [1.807, 2.05) is 0 Å². The fourth-order valence-corrected chi connectivity index (χ4v) is 3.87. The average Bonchev–Trinajstić information content (AvgIpc) is 3.07.